The first kappa shape index (κ1) is 16.8. The summed E-state index contributed by atoms with van der Waals surface area (Å²) in [4.78, 5) is 22.8. The minimum Gasteiger partial charge on any atom is -0.393 e. The average molecular weight is 360 g/mol. The quantitative estimate of drug-likeness (QED) is 0.618. The molecule has 0 saturated carbocycles. The summed E-state index contributed by atoms with van der Waals surface area (Å²) in [6.45, 7) is 1.57. The Morgan fingerprint density at radius 1 is 1.00 bits per heavy atom. The normalized spacial score (nSPS) is 13.0. The number of amides is 1. The summed E-state index contributed by atoms with van der Waals surface area (Å²) in [6.07, 6.45) is 2.39. The third-order valence-corrected chi connectivity index (χ3v) is 4.62. The molecule has 4 rings (SSSR count). The maximum atomic E-state index is 12.2. The van der Waals surface area contributed by atoms with Crippen LogP contribution in [0.4, 0.5) is 17.3 Å². The Morgan fingerprint density at radius 3 is 2.56 bits per heavy atom. The monoisotopic (exact) mass is 360 g/mol. The zero-order valence-electron chi connectivity index (χ0n) is 14.7. The van der Waals surface area contributed by atoms with Gasteiger partial charge in [0.05, 0.1) is 0 Å². The first-order valence-corrected chi connectivity index (χ1v) is 8.76. The number of hydrogen-bond donors (Lipinski definition) is 3. The molecule has 2 aromatic carbocycles. The molecular weight excluding hydrogens is 340 g/mol. The zero-order valence-corrected chi connectivity index (χ0v) is 14.7. The Labute approximate surface area is 157 Å². The highest BCUT2D eigenvalue weighted by atomic mass is 16.2. The lowest BCUT2D eigenvalue weighted by atomic mass is 10.00. The first-order valence-electron chi connectivity index (χ1n) is 8.76. The van der Waals surface area contributed by atoms with Crippen molar-refractivity contribution in [2.24, 2.45) is 0 Å². The van der Waals surface area contributed by atoms with E-state index < -0.39 is 0 Å². The van der Waals surface area contributed by atoms with Crippen LogP contribution in [0.2, 0.25) is 0 Å². The molecule has 27 heavy (non-hydrogen) atoms. The Bertz CT molecular complexity index is 960. The number of nitrogens with one attached hydrogen (secondary N) is 2. The molecule has 1 aliphatic rings. The van der Waals surface area contributed by atoms with E-state index >= 15 is 0 Å². The van der Waals surface area contributed by atoms with Crippen molar-refractivity contribution in [2.75, 3.05) is 22.6 Å². The highest BCUT2D eigenvalue weighted by molar-refractivity contribution is 5.95. The lowest BCUT2D eigenvalue weighted by Gasteiger charge is -2.30. The first-order chi connectivity index (χ1) is 13.2. The summed E-state index contributed by atoms with van der Waals surface area (Å²) >= 11 is 0. The maximum absolute atomic E-state index is 12.2. The molecular formula is C20H20N6O. The minimum absolute atomic E-state index is 0.262. The maximum Gasteiger partial charge on any atom is 0.269 e. The Morgan fingerprint density at radius 2 is 1.74 bits per heavy atom. The van der Waals surface area contributed by atoms with Gasteiger partial charge in [0.1, 0.15) is 12.0 Å². The fraction of sp³-hybridized carbons (Fsp3) is 0.150. The van der Waals surface area contributed by atoms with Crippen LogP contribution in [0, 0.1) is 0 Å². The van der Waals surface area contributed by atoms with E-state index in [-0.39, 0.29) is 5.91 Å². The Balaban J connectivity index is 1.49. The molecule has 0 saturated heterocycles. The number of aromatic nitrogens is 2. The largest absolute Gasteiger partial charge is 0.393 e. The van der Waals surface area contributed by atoms with E-state index in [0.29, 0.717) is 22.9 Å². The number of fused-ring (bicyclic) bond motifs is 1. The van der Waals surface area contributed by atoms with Crippen LogP contribution in [0.25, 0.3) is 0 Å². The van der Waals surface area contributed by atoms with Crippen LogP contribution in [0.15, 0.2) is 60.9 Å². The van der Waals surface area contributed by atoms with Crippen LogP contribution in [0.1, 0.15) is 21.5 Å². The van der Waals surface area contributed by atoms with Crippen molar-refractivity contribution in [1.82, 2.24) is 15.4 Å². The second-order valence-corrected chi connectivity index (χ2v) is 6.34. The number of hydrogen-bond acceptors (Lipinski definition) is 6. The van der Waals surface area contributed by atoms with Gasteiger partial charge in [0.2, 0.25) is 0 Å². The van der Waals surface area contributed by atoms with Crippen LogP contribution >= 0.6 is 0 Å². The van der Waals surface area contributed by atoms with Crippen LogP contribution in [0.3, 0.4) is 0 Å². The summed E-state index contributed by atoms with van der Waals surface area (Å²) in [5.41, 5.74) is 15.3. The van der Waals surface area contributed by atoms with Gasteiger partial charge in [-0.3, -0.25) is 15.6 Å². The van der Waals surface area contributed by atoms with Gasteiger partial charge in [0.25, 0.3) is 5.91 Å². The number of nitrogens with zero attached hydrogens (tertiary/aromatic N) is 3. The molecule has 0 atom stereocenters. The predicted octanol–water partition coefficient (Wildman–Crippen LogP) is 2.38. The highest BCUT2D eigenvalue weighted by Crippen LogP contribution is 2.30. The minimum atomic E-state index is -0.262. The van der Waals surface area contributed by atoms with Gasteiger partial charge in [-0.2, -0.15) is 0 Å². The molecule has 0 spiro atoms. The molecule has 1 aromatic heterocycles. The van der Waals surface area contributed by atoms with Gasteiger partial charge in [0, 0.05) is 18.7 Å². The van der Waals surface area contributed by atoms with E-state index in [1.807, 2.05) is 12.1 Å². The fourth-order valence-corrected chi connectivity index (χ4v) is 3.19. The number of nitrogens with two attached hydrogens (primary N) is 1. The lowest BCUT2D eigenvalue weighted by Crippen LogP contribution is -2.33. The average Bonchev–Trinajstić information content (AvgIpc) is 2.73. The Kier molecular flexibility index (Phi) is 4.57. The fourth-order valence-electron chi connectivity index (χ4n) is 3.19. The Hall–Kier alpha value is -3.61. The summed E-state index contributed by atoms with van der Waals surface area (Å²) in [6, 6.07) is 17.3. The zero-order chi connectivity index (χ0) is 18.6. The van der Waals surface area contributed by atoms with Crippen LogP contribution in [-0.4, -0.2) is 22.4 Å². The van der Waals surface area contributed by atoms with Crippen LogP contribution in [0.5, 0.6) is 0 Å². The van der Waals surface area contributed by atoms with Gasteiger partial charge in [-0.1, -0.05) is 42.5 Å². The van der Waals surface area contributed by atoms with Gasteiger partial charge in [-0.05, 0) is 29.7 Å². The van der Waals surface area contributed by atoms with E-state index in [1.165, 1.54) is 17.5 Å². The van der Waals surface area contributed by atoms with E-state index in [0.717, 1.165) is 19.5 Å². The number of rotatable bonds is 4. The van der Waals surface area contributed by atoms with Gasteiger partial charge < -0.3 is 10.6 Å². The van der Waals surface area contributed by atoms with Crippen molar-refractivity contribution < 1.29 is 4.79 Å². The molecule has 3 aromatic rings. The molecule has 0 aliphatic carbocycles. The van der Waals surface area contributed by atoms with Crippen LogP contribution < -0.4 is 21.5 Å². The van der Waals surface area contributed by atoms with Crippen molar-refractivity contribution in [2.45, 2.75) is 13.0 Å². The summed E-state index contributed by atoms with van der Waals surface area (Å²) in [7, 11) is 0. The number of carbonyl (C=O) groups excluding carboxylic acids is 1. The third kappa shape index (κ3) is 3.52. The molecule has 4 N–H and O–H groups in total. The van der Waals surface area contributed by atoms with E-state index in [9.17, 15) is 4.79 Å². The molecule has 7 heteroatoms. The second-order valence-electron chi connectivity index (χ2n) is 6.34. The second kappa shape index (κ2) is 7.33. The lowest BCUT2D eigenvalue weighted by molar-refractivity contribution is 0.0962. The molecule has 1 amide bonds. The number of hydrazine groups is 1. The number of benzene rings is 2. The topological polar surface area (TPSA) is 96.2 Å². The number of nitrogen functional groups attached to an aromatic ring is 1. The SMILES string of the molecule is Nc1c(NNC(=O)c2ccccc2)ncnc1N1CCc2ccccc2C1. The van der Waals surface area contributed by atoms with Gasteiger partial charge >= 0.3 is 0 Å². The van der Waals surface area contributed by atoms with E-state index in [1.54, 1.807) is 24.3 Å². The molecule has 1 aliphatic heterocycles. The van der Waals surface area contributed by atoms with E-state index in [4.69, 9.17) is 5.73 Å². The predicted molar refractivity (Wildman–Crippen MR) is 105 cm³/mol. The standard InChI is InChI=1S/C20H20N6O/c21-17-18(24-25-20(27)15-7-2-1-3-8-15)22-13-23-19(17)26-11-10-14-6-4-5-9-16(14)12-26/h1-9,13H,10-12,21H2,(H,25,27)(H,22,23,24). The number of anilines is 3. The van der Waals surface area contributed by atoms with Gasteiger partial charge in [0.15, 0.2) is 11.6 Å². The molecule has 0 radical (unpaired) electrons. The molecule has 136 valence electrons. The molecule has 0 unspecified atom stereocenters. The smallest absolute Gasteiger partial charge is 0.269 e. The van der Waals surface area contributed by atoms with E-state index in [2.05, 4.69) is 43.9 Å². The summed E-state index contributed by atoms with van der Waals surface area (Å²) in [5.74, 6) is 0.779. The number of carbonyl (C=O) groups is 1. The molecule has 0 bridgehead atoms. The van der Waals surface area contributed by atoms with Crippen molar-refractivity contribution >= 4 is 23.2 Å². The van der Waals surface area contributed by atoms with Crippen molar-refractivity contribution in [1.29, 1.82) is 0 Å². The van der Waals surface area contributed by atoms with Gasteiger partial charge in [-0.25, -0.2) is 9.97 Å². The summed E-state index contributed by atoms with van der Waals surface area (Å²) in [5, 5.41) is 0. The highest BCUT2D eigenvalue weighted by Gasteiger charge is 2.20. The van der Waals surface area contributed by atoms with Gasteiger partial charge in [-0.15, -0.1) is 0 Å². The van der Waals surface area contributed by atoms with Crippen molar-refractivity contribution in [3.05, 3.63) is 77.6 Å². The van der Waals surface area contributed by atoms with Crippen LogP contribution in [-0.2, 0) is 13.0 Å². The molecule has 2 heterocycles. The summed E-state index contributed by atoms with van der Waals surface area (Å²) < 4.78 is 0. The van der Waals surface area contributed by atoms with Crippen molar-refractivity contribution in [3.63, 3.8) is 0 Å². The third-order valence-electron chi connectivity index (χ3n) is 4.62. The molecule has 7 nitrogen and oxygen atoms in total. The van der Waals surface area contributed by atoms with Crippen molar-refractivity contribution in [3.8, 4) is 0 Å². The molecule has 0 fully saturated rings.